The van der Waals surface area contributed by atoms with Crippen molar-refractivity contribution in [2.75, 3.05) is 6.54 Å². The molecule has 2 atom stereocenters. The molecule has 0 spiro atoms. The molecule has 0 radical (unpaired) electrons. The Labute approximate surface area is 113 Å². The normalized spacial score (nSPS) is 24.2. The number of hydrogen-bond acceptors (Lipinski definition) is 4. The molecule has 1 rings (SSSR count). The lowest BCUT2D eigenvalue weighted by molar-refractivity contribution is 0.121. The van der Waals surface area contributed by atoms with Crippen molar-refractivity contribution in [1.29, 1.82) is 0 Å². The van der Waals surface area contributed by atoms with Crippen LogP contribution in [0, 0.1) is 5.92 Å². The van der Waals surface area contributed by atoms with E-state index in [9.17, 15) is 13.2 Å². The van der Waals surface area contributed by atoms with Crippen molar-refractivity contribution in [2.24, 2.45) is 5.92 Å². The summed E-state index contributed by atoms with van der Waals surface area (Å²) in [6, 6.07) is 0. The number of alkyl halides is 1. The maximum atomic E-state index is 11.5. The first-order valence-corrected chi connectivity index (χ1v) is 7.82. The molecule has 2 N–H and O–H groups in total. The molecule has 1 aliphatic carbocycles. The lowest BCUT2D eigenvalue weighted by atomic mass is 10.1. The van der Waals surface area contributed by atoms with Crippen molar-refractivity contribution in [1.82, 2.24) is 9.44 Å². The minimum absolute atomic E-state index is 0.123. The SMILES string of the molecule is CC(C)OC(=O)NS(=O)(=O)NCC1CCC(Cl)C1. The van der Waals surface area contributed by atoms with Crippen LogP contribution in [-0.2, 0) is 14.9 Å². The van der Waals surface area contributed by atoms with Crippen LogP contribution >= 0.6 is 11.6 Å². The van der Waals surface area contributed by atoms with E-state index in [0.717, 1.165) is 19.3 Å². The number of hydrogen-bond donors (Lipinski definition) is 2. The third-order valence-corrected chi connectivity index (χ3v) is 3.98. The molecule has 1 amide bonds. The molecule has 2 unspecified atom stereocenters. The standard InChI is InChI=1S/C10H19ClN2O4S/c1-7(2)17-10(14)13-18(15,16)12-6-8-3-4-9(11)5-8/h7-9,12H,3-6H2,1-2H3,(H,13,14). The second-order valence-corrected chi connectivity index (χ2v) is 6.80. The van der Waals surface area contributed by atoms with Gasteiger partial charge < -0.3 is 4.74 Å². The zero-order valence-corrected chi connectivity index (χ0v) is 12.1. The third-order valence-electron chi connectivity index (χ3n) is 2.60. The van der Waals surface area contributed by atoms with Crippen molar-refractivity contribution in [3.05, 3.63) is 0 Å². The smallest absolute Gasteiger partial charge is 0.422 e. The van der Waals surface area contributed by atoms with Crippen molar-refractivity contribution in [2.45, 2.75) is 44.6 Å². The number of rotatable bonds is 5. The first kappa shape index (κ1) is 15.5. The lowest BCUT2D eigenvalue weighted by Crippen LogP contribution is -2.42. The summed E-state index contributed by atoms with van der Waals surface area (Å²) in [4.78, 5) is 11.1. The summed E-state index contributed by atoms with van der Waals surface area (Å²) in [5.41, 5.74) is 0. The third kappa shape index (κ3) is 5.88. The maximum Gasteiger partial charge on any atom is 0.422 e. The van der Waals surface area contributed by atoms with Gasteiger partial charge in [-0.3, -0.25) is 0 Å². The molecule has 0 aromatic rings. The van der Waals surface area contributed by atoms with Gasteiger partial charge in [-0.25, -0.2) is 9.52 Å². The monoisotopic (exact) mass is 298 g/mol. The molecule has 1 aliphatic rings. The highest BCUT2D eigenvalue weighted by Crippen LogP contribution is 2.28. The van der Waals surface area contributed by atoms with Crippen LogP contribution in [0.2, 0.25) is 0 Å². The second-order valence-electron chi connectivity index (χ2n) is 4.68. The van der Waals surface area contributed by atoms with E-state index in [1.165, 1.54) is 0 Å². The highest BCUT2D eigenvalue weighted by molar-refractivity contribution is 7.88. The number of amides is 1. The number of carbonyl (C=O) groups excluding carboxylic acids is 1. The van der Waals surface area contributed by atoms with Crippen molar-refractivity contribution in [3.63, 3.8) is 0 Å². The van der Waals surface area contributed by atoms with Crippen LogP contribution in [0.1, 0.15) is 33.1 Å². The van der Waals surface area contributed by atoms with Crippen LogP contribution in [0.4, 0.5) is 4.79 Å². The quantitative estimate of drug-likeness (QED) is 0.751. The van der Waals surface area contributed by atoms with Crippen LogP contribution in [0.3, 0.4) is 0 Å². The molecule has 0 bridgehead atoms. The highest BCUT2D eigenvalue weighted by Gasteiger charge is 2.25. The van der Waals surface area contributed by atoms with Crippen LogP contribution < -0.4 is 9.44 Å². The zero-order chi connectivity index (χ0) is 13.8. The van der Waals surface area contributed by atoms with Crippen LogP contribution in [-0.4, -0.2) is 32.5 Å². The molecule has 8 heteroatoms. The Bertz CT molecular complexity index is 385. The first-order valence-electron chi connectivity index (χ1n) is 5.90. The van der Waals surface area contributed by atoms with Crippen LogP contribution in [0.25, 0.3) is 0 Å². The summed E-state index contributed by atoms with van der Waals surface area (Å²) in [5.74, 6) is 0.227. The van der Waals surface area contributed by atoms with E-state index in [0.29, 0.717) is 0 Å². The zero-order valence-electron chi connectivity index (χ0n) is 10.5. The average molecular weight is 299 g/mol. The maximum absolute atomic E-state index is 11.5. The Morgan fingerprint density at radius 3 is 2.61 bits per heavy atom. The molecule has 106 valence electrons. The van der Waals surface area contributed by atoms with Gasteiger partial charge in [0.15, 0.2) is 0 Å². The Morgan fingerprint density at radius 2 is 2.11 bits per heavy atom. The van der Waals surface area contributed by atoms with E-state index in [1.807, 2.05) is 0 Å². The van der Waals surface area contributed by atoms with Crippen molar-refractivity contribution < 1.29 is 17.9 Å². The Hall–Kier alpha value is -0.530. The minimum atomic E-state index is -3.85. The number of halogens is 1. The molecule has 6 nitrogen and oxygen atoms in total. The molecular formula is C10H19ClN2O4S. The molecule has 1 saturated carbocycles. The van der Waals surface area contributed by atoms with Gasteiger partial charge in [-0.1, -0.05) is 0 Å². The van der Waals surface area contributed by atoms with E-state index in [1.54, 1.807) is 18.6 Å². The van der Waals surface area contributed by atoms with Gasteiger partial charge in [0.25, 0.3) is 0 Å². The summed E-state index contributed by atoms with van der Waals surface area (Å²) in [7, 11) is -3.85. The minimum Gasteiger partial charge on any atom is -0.446 e. The molecule has 1 fully saturated rings. The summed E-state index contributed by atoms with van der Waals surface area (Å²) >= 11 is 5.93. The molecule has 0 heterocycles. The summed E-state index contributed by atoms with van der Waals surface area (Å²) in [6.45, 7) is 3.56. The van der Waals surface area contributed by atoms with Crippen molar-refractivity contribution in [3.8, 4) is 0 Å². The number of ether oxygens (including phenoxy) is 1. The van der Waals surface area contributed by atoms with Gasteiger partial charge in [-0.15, -0.1) is 11.6 Å². The lowest BCUT2D eigenvalue weighted by Gasteiger charge is -2.13. The van der Waals surface area contributed by atoms with Crippen molar-refractivity contribution >= 4 is 27.9 Å². The van der Waals surface area contributed by atoms with Crippen LogP contribution in [0.5, 0.6) is 0 Å². The van der Waals surface area contributed by atoms with E-state index in [-0.39, 0.29) is 23.9 Å². The second kappa shape index (κ2) is 6.58. The summed E-state index contributed by atoms with van der Waals surface area (Å²) in [5, 5.41) is 0.123. The van der Waals surface area contributed by atoms with Gasteiger partial charge in [-0.2, -0.15) is 13.1 Å². The van der Waals surface area contributed by atoms with Gasteiger partial charge >= 0.3 is 16.3 Å². The predicted molar refractivity (Wildman–Crippen MR) is 68.7 cm³/mol. The first-order chi connectivity index (χ1) is 8.28. The van der Waals surface area contributed by atoms with E-state index in [2.05, 4.69) is 9.46 Å². The van der Waals surface area contributed by atoms with E-state index >= 15 is 0 Å². The van der Waals surface area contributed by atoms with Crippen LogP contribution in [0.15, 0.2) is 0 Å². The largest absolute Gasteiger partial charge is 0.446 e. The molecular weight excluding hydrogens is 280 g/mol. The summed E-state index contributed by atoms with van der Waals surface area (Å²) in [6.07, 6.45) is 1.25. The highest BCUT2D eigenvalue weighted by atomic mass is 35.5. The molecule has 0 aliphatic heterocycles. The Morgan fingerprint density at radius 1 is 1.44 bits per heavy atom. The summed E-state index contributed by atoms with van der Waals surface area (Å²) < 4.78 is 31.8. The number of carbonyl (C=O) groups is 1. The fraction of sp³-hybridized carbons (Fsp3) is 0.900. The van der Waals surface area contributed by atoms with Gasteiger partial charge in [-0.05, 0) is 39.0 Å². The van der Waals surface area contributed by atoms with E-state index in [4.69, 9.17) is 11.6 Å². The molecule has 0 aromatic heterocycles. The van der Waals surface area contributed by atoms with E-state index < -0.39 is 16.3 Å². The topological polar surface area (TPSA) is 84.5 Å². The Kier molecular flexibility index (Phi) is 5.68. The average Bonchev–Trinajstić information content (AvgIpc) is 2.59. The fourth-order valence-corrected chi connectivity index (χ4v) is 2.98. The molecule has 18 heavy (non-hydrogen) atoms. The predicted octanol–water partition coefficient (Wildman–Crippen LogP) is 1.36. The molecule has 0 saturated heterocycles. The van der Waals surface area contributed by atoms with Gasteiger partial charge in [0.2, 0.25) is 0 Å². The fourth-order valence-electron chi connectivity index (χ4n) is 1.81. The van der Waals surface area contributed by atoms with Gasteiger partial charge in [0.1, 0.15) is 0 Å². The Balaban J connectivity index is 2.33. The van der Waals surface area contributed by atoms with Gasteiger partial charge in [0.05, 0.1) is 6.10 Å². The number of nitrogens with one attached hydrogen (secondary N) is 2. The molecule has 0 aromatic carbocycles. The van der Waals surface area contributed by atoms with Gasteiger partial charge in [0, 0.05) is 11.9 Å².